The molecule has 84 heavy (non-hydrogen) atoms. The molecule has 1 rings (SSSR count). The highest BCUT2D eigenvalue weighted by Gasteiger charge is 2.44. The molecule has 0 spiro atoms. The summed E-state index contributed by atoms with van der Waals surface area (Å²) in [4.78, 5) is 25.1. The lowest BCUT2D eigenvalue weighted by Gasteiger charge is -2.40. The van der Waals surface area contributed by atoms with Crippen molar-refractivity contribution in [1.29, 1.82) is 0 Å². The lowest BCUT2D eigenvalue weighted by atomic mass is 9.99. The van der Waals surface area contributed by atoms with Crippen LogP contribution in [0.2, 0.25) is 0 Å². The molecule has 1 heterocycles. The molecule has 0 radical (unpaired) electrons. The zero-order valence-electron chi connectivity index (χ0n) is 54.9. The summed E-state index contributed by atoms with van der Waals surface area (Å²) in [6, 6.07) is -0.826. The van der Waals surface area contributed by atoms with Gasteiger partial charge in [0.15, 0.2) is 6.29 Å². The second-order valence-electron chi connectivity index (χ2n) is 25.3. The van der Waals surface area contributed by atoms with E-state index in [0.29, 0.717) is 19.4 Å². The van der Waals surface area contributed by atoms with E-state index in [2.05, 4.69) is 43.5 Å². The lowest BCUT2D eigenvalue weighted by Crippen LogP contribution is -2.60. The average Bonchev–Trinajstić information content (AvgIpc) is 3.44. The van der Waals surface area contributed by atoms with E-state index in [1.807, 2.05) is 6.08 Å². The number of rotatable bonds is 64. The molecule has 0 aliphatic carbocycles. The van der Waals surface area contributed by atoms with Crippen molar-refractivity contribution < 1.29 is 49.3 Å². The molecule has 0 aromatic rings. The molecule has 0 bridgehead atoms. The Kier molecular flexibility index (Phi) is 59.4. The minimum atomic E-state index is -1.58. The highest BCUT2D eigenvalue weighted by Crippen LogP contribution is 2.23. The molecule has 494 valence electrons. The summed E-state index contributed by atoms with van der Waals surface area (Å²) in [5.74, 6) is -0.182. The minimum Gasteiger partial charge on any atom is -0.466 e. The average molecular weight is 1190 g/mol. The Bertz CT molecular complexity index is 1490. The molecule has 1 aliphatic heterocycles. The standard InChI is InChI=1S/C73H137NO10/c1-3-5-7-9-11-13-14-15-16-17-28-32-35-38-41-45-49-53-57-61-69(78)82-62-58-54-50-46-42-39-36-33-30-27-25-23-21-19-18-20-22-24-26-29-31-34-37-40-44-48-52-56-60-68(77)74-65(66(76)59-55-51-47-43-12-10-8-6-4-2)64-83-73-72(81)71(80)70(79)67(63-75)84-73/h12,18-19,43,55,59,65-67,70-73,75-76,79-81H,3-11,13-17,20-42,44-54,56-58,60-64H2,1-2H3,(H,74,77)/b19-18-,43-12+,59-55+. The molecule has 6 N–H and O–H groups in total. The molecule has 1 aliphatic rings. The van der Waals surface area contributed by atoms with Crippen molar-refractivity contribution in [3.05, 3.63) is 36.5 Å². The van der Waals surface area contributed by atoms with Gasteiger partial charge in [0.05, 0.1) is 32.0 Å². The number of aliphatic hydroxyl groups is 5. The highest BCUT2D eigenvalue weighted by atomic mass is 16.7. The topological polar surface area (TPSA) is 175 Å². The number of nitrogens with one attached hydrogen (secondary N) is 1. The van der Waals surface area contributed by atoms with Gasteiger partial charge in [-0.05, 0) is 70.6 Å². The SMILES string of the molecule is CCCCC/C=C/CC/C=C/C(O)C(COC1OC(CO)C(O)C(O)C1O)NC(=O)CCCCCCCCCCCCCC/C=C\CCCCCCCCCCCCCCOC(=O)CCCCCCCCCCCCCCCCCCCCC. The molecule has 0 aromatic heterocycles. The highest BCUT2D eigenvalue weighted by molar-refractivity contribution is 5.76. The van der Waals surface area contributed by atoms with Crippen molar-refractivity contribution in [1.82, 2.24) is 5.32 Å². The van der Waals surface area contributed by atoms with E-state index in [-0.39, 0.29) is 18.5 Å². The Morgan fingerprint density at radius 1 is 0.429 bits per heavy atom. The van der Waals surface area contributed by atoms with Gasteiger partial charge in [-0.3, -0.25) is 9.59 Å². The third kappa shape index (κ3) is 50.8. The van der Waals surface area contributed by atoms with E-state index in [4.69, 9.17) is 14.2 Å². The van der Waals surface area contributed by atoms with Crippen LogP contribution in [0.3, 0.4) is 0 Å². The number of carbonyl (C=O) groups excluding carboxylic acids is 2. The van der Waals surface area contributed by atoms with Gasteiger partial charge >= 0.3 is 5.97 Å². The van der Waals surface area contributed by atoms with Crippen molar-refractivity contribution in [2.45, 2.75) is 397 Å². The number of ether oxygens (including phenoxy) is 3. The first-order chi connectivity index (χ1) is 41.2. The minimum absolute atomic E-state index is 0.0116. The molecule has 11 nitrogen and oxygen atoms in total. The van der Waals surface area contributed by atoms with Crippen LogP contribution in [-0.4, -0.2) is 100 Å². The molecule has 1 saturated heterocycles. The van der Waals surface area contributed by atoms with Crippen LogP contribution in [-0.2, 0) is 23.8 Å². The Hall–Kier alpha value is -2.12. The summed E-state index contributed by atoms with van der Waals surface area (Å²) in [6.45, 7) is 4.31. The van der Waals surface area contributed by atoms with Crippen LogP contribution >= 0.6 is 0 Å². The van der Waals surface area contributed by atoms with Crippen molar-refractivity contribution in [2.75, 3.05) is 19.8 Å². The predicted molar refractivity (Wildman–Crippen MR) is 352 cm³/mol. The zero-order chi connectivity index (χ0) is 60.9. The van der Waals surface area contributed by atoms with Crippen LogP contribution in [0.5, 0.6) is 0 Å². The van der Waals surface area contributed by atoms with E-state index in [0.717, 1.165) is 51.4 Å². The van der Waals surface area contributed by atoms with Gasteiger partial charge in [0.1, 0.15) is 24.4 Å². The molecular formula is C73H137NO10. The Morgan fingerprint density at radius 3 is 1.20 bits per heavy atom. The van der Waals surface area contributed by atoms with Gasteiger partial charge in [0.2, 0.25) is 5.91 Å². The summed E-state index contributed by atoms with van der Waals surface area (Å²) in [5, 5.41) is 54.2. The number of carbonyl (C=O) groups is 2. The van der Waals surface area contributed by atoms with E-state index < -0.39 is 49.5 Å². The first kappa shape index (κ1) is 79.9. The fourth-order valence-electron chi connectivity index (χ4n) is 11.5. The van der Waals surface area contributed by atoms with Gasteiger partial charge in [0, 0.05) is 12.8 Å². The van der Waals surface area contributed by atoms with Crippen molar-refractivity contribution in [3.8, 4) is 0 Å². The smallest absolute Gasteiger partial charge is 0.305 e. The Labute approximate surface area is 517 Å². The van der Waals surface area contributed by atoms with Crippen molar-refractivity contribution >= 4 is 11.9 Å². The monoisotopic (exact) mass is 1190 g/mol. The first-order valence-electron chi connectivity index (χ1n) is 36.3. The van der Waals surface area contributed by atoms with Crippen LogP contribution in [0.15, 0.2) is 36.5 Å². The summed E-state index contributed by atoms with van der Waals surface area (Å²) in [7, 11) is 0. The van der Waals surface area contributed by atoms with Gasteiger partial charge in [-0.15, -0.1) is 0 Å². The number of hydrogen-bond acceptors (Lipinski definition) is 10. The molecule has 7 unspecified atom stereocenters. The largest absolute Gasteiger partial charge is 0.466 e. The fourth-order valence-corrected chi connectivity index (χ4v) is 11.5. The number of esters is 1. The lowest BCUT2D eigenvalue weighted by molar-refractivity contribution is -0.302. The maximum atomic E-state index is 13.0. The summed E-state index contributed by atoms with van der Waals surface area (Å²) in [5.41, 5.74) is 0. The van der Waals surface area contributed by atoms with Crippen LogP contribution in [0.1, 0.15) is 354 Å². The van der Waals surface area contributed by atoms with E-state index in [9.17, 15) is 35.1 Å². The molecule has 11 heteroatoms. The summed E-state index contributed by atoms with van der Waals surface area (Å²) >= 11 is 0. The predicted octanol–water partition coefficient (Wildman–Crippen LogP) is 18.6. The number of unbranched alkanes of at least 4 members (excludes halogenated alkanes) is 46. The van der Waals surface area contributed by atoms with Crippen LogP contribution < -0.4 is 5.32 Å². The third-order valence-electron chi connectivity index (χ3n) is 17.2. The van der Waals surface area contributed by atoms with Gasteiger partial charge in [-0.25, -0.2) is 0 Å². The zero-order valence-corrected chi connectivity index (χ0v) is 54.9. The fraction of sp³-hybridized carbons (Fsp3) is 0.890. The number of allylic oxidation sites excluding steroid dienone is 5. The van der Waals surface area contributed by atoms with E-state index in [1.165, 1.54) is 276 Å². The van der Waals surface area contributed by atoms with Crippen LogP contribution in [0, 0.1) is 0 Å². The number of aliphatic hydroxyl groups excluding tert-OH is 5. The molecule has 1 fully saturated rings. The third-order valence-corrected chi connectivity index (χ3v) is 17.2. The van der Waals surface area contributed by atoms with Gasteiger partial charge in [0.25, 0.3) is 0 Å². The van der Waals surface area contributed by atoms with Crippen LogP contribution in [0.25, 0.3) is 0 Å². The molecular weight excluding hydrogens is 1050 g/mol. The first-order valence-corrected chi connectivity index (χ1v) is 36.3. The van der Waals surface area contributed by atoms with Crippen molar-refractivity contribution in [2.24, 2.45) is 0 Å². The molecule has 7 atom stereocenters. The maximum absolute atomic E-state index is 13.0. The number of amides is 1. The normalized spacial score (nSPS) is 18.2. The number of hydrogen-bond donors (Lipinski definition) is 6. The molecule has 1 amide bonds. The molecule has 0 aromatic carbocycles. The van der Waals surface area contributed by atoms with Gasteiger partial charge in [-0.1, -0.05) is 307 Å². The van der Waals surface area contributed by atoms with E-state index in [1.54, 1.807) is 6.08 Å². The van der Waals surface area contributed by atoms with E-state index >= 15 is 0 Å². The second kappa shape index (κ2) is 62.5. The summed E-state index contributed by atoms with van der Waals surface area (Å²) < 4.78 is 16.7. The second-order valence-corrected chi connectivity index (χ2v) is 25.3. The Morgan fingerprint density at radius 2 is 0.774 bits per heavy atom. The van der Waals surface area contributed by atoms with Gasteiger partial charge in [-0.2, -0.15) is 0 Å². The van der Waals surface area contributed by atoms with Crippen LogP contribution in [0.4, 0.5) is 0 Å². The van der Waals surface area contributed by atoms with Gasteiger partial charge < -0.3 is 45.1 Å². The Balaban J connectivity index is 1.90. The maximum Gasteiger partial charge on any atom is 0.305 e. The molecule has 0 saturated carbocycles. The van der Waals surface area contributed by atoms with Crippen molar-refractivity contribution in [3.63, 3.8) is 0 Å². The summed E-state index contributed by atoms with van der Waals surface area (Å²) in [6.07, 6.45) is 70.3. The quantitative estimate of drug-likeness (QED) is 0.0195.